The van der Waals surface area contributed by atoms with Crippen LogP contribution in [0.15, 0.2) is 54.9 Å². The Morgan fingerprint density at radius 1 is 1.14 bits per heavy atom. The summed E-state index contributed by atoms with van der Waals surface area (Å²) in [4.78, 5) is 12.8. The number of ketones is 1. The van der Waals surface area contributed by atoms with Crippen LogP contribution >= 0.6 is 0 Å². The van der Waals surface area contributed by atoms with Gasteiger partial charge in [0.1, 0.15) is 5.75 Å². The molecule has 3 nitrogen and oxygen atoms in total. The smallest absolute Gasteiger partial charge is 0.195 e. The lowest BCUT2D eigenvalue weighted by Gasteiger charge is -2.04. The van der Waals surface area contributed by atoms with Gasteiger partial charge in [-0.05, 0) is 48.4 Å². The number of carbonyl (C=O) groups excluding carboxylic acids is 1. The Hall–Kier alpha value is -2.55. The molecule has 0 saturated heterocycles. The molecule has 21 heavy (non-hydrogen) atoms. The predicted molar refractivity (Wildman–Crippen MR) is 82.9 cm³/mol. The van der Waals surface area contributed by atoms with E-state index in [2.05, 4.69) is 6.92 Å². The minimum absolute atomic E-state index is 0.00662. The molecular weight excluding hydrogens is 262 g/mol. The third-order valence-corrected chi connectivity index (χ3v) is 3.64. The van der Waals surface area contributed by atoms with Gasteiger partial charge in [-0.2, -0.15) is 0 Å². The molecule has 1 N–H and O–H groups in total. The zero-order valence-corrected chi connectivity index (χ0v) is 11.9. The molecule has 0 aliphatic heterocycles. The Morgan fingerprint density at radius 2 is 1.90 bits per heavy atom. The van der Waals surface area contributed by atoms with Crippen molar-refractivity contribution in [1.82, 2.24) is 4.40 Å². The van der Waals surface area contributed by atoms with E-state index in [1.54, 1.807) is 24.3 Å². The normalized spacial score (nSPS) is 10.9. The van der Waals surface area contributed by atoms with Gasteiger partial charge in [0.25, 0.3) is 0 Å². The Morgan fingerprint density at radius 3 is 2.62 bits per heavy atom. The Kier molecular flexibility index (Phi) is 3.48. The van der Waals surface area contributed by atoms with E-state index in [-0.39, 0.29) is 11.5 Å². The van der Waals surface area contributed by atoms with Crippen LogP contribution in [0.1, 0.15) is 34.8 Å². The molecule has 0 radical (unpaired) electrons. The number of hydrogen-bond donors (Lipinski definition) is 1. The van der Waals surface area contributed by atoms with Gasteiger partial charge in [-0.15, -0.1) is 0 Å². The summed E-state index contributed by atoms with van der Waals surface area (Å²) >= 11 is 0. The zero-order valence-electron chi connectivity index (χ0n) is 11.9. The molecule has 3 heteroatoms. The van der Waals surface area contributed by atoms with E-state index in [9.17, 15) is 9.90 Å². The number of fused-ring (bicyclic) bond motifs is 1. The van der Waals surface area contributed by atoms with Crippen molar-refractivity contribution < 1.29 is 9.90 Å². The van der Waals surface area contributed by atoms with Crippen molar-refractivity contribution >= 4 is 11.3 Å². The van der Waals surface area contributed by atoms with E-state index in [1.165, 1.54) is 0 Å². The molecule has 3 rings (SSSR count). The van der Waals surface area contributed by atoms with Crippen LogP contribution in [-0.4, -0.2) is 15.3 Å². The number of phenolic OH excluding ortho intramolecular Hbond substituents is 1. The fourth-order valence-electron chi connectivity index (χ4n) is 2.66. The van der Waals surface area contributed by atoms with E-state index < -0.39 is 0 Å². The molecule has 0 saturated carbocycles. The average Bonchev–Trinajstić information content (AvgIpc) is 2.85. The molecule has 0 aliphatic carbocycles. The molecule has 2 heterocycles. The predicted octanol–water partition coefficient (Wildman–Crippen LogP) is 3.83. The highest BCUT2D eigenvalue weighted by atomic mass is 16.3. The van der Waals surface area contributed by atoms with Crippen LogP contribution in [0.3, 0.4) is 0 Å². The van der Waals surface area contributed by atoms with E-state index in [0.29, 0.717) is 5.56 Å². The second-order valence-electron chi connectivity index (χ2n) is 5.15. The molecule has 0 fully saturated rings. The SMILES string of the molecule is CCCc1cn2ccccc2c1C(=O)c1ccc(O)cc1. The monoisotopic (exact) mass is 279 g/mol. The highest BCUT2D eigenvalue weighted by molar-refractivity contribution is 6.14. The number of aromatic nitrogens is 1. The van der Waals surface area contributed by atoms with Gasteiger partial charge in [0.05, 0.1) is 11.1 Å². The van der Waals surface area contributed by atoms with Gasteiger partial charge in [0.2, 0.25) is 0 Å². The topological polar surface area (TPSA) is 41.7 Å². The number of aromatic hydroxyl groups is 1. The quantitative estimate of drug-likeness (QED) is 0.737. The van der Waals surface area contributed by atoms with E-state index >= 15 is 0 Å². The Bertz CT molecular complexity index is 785. The molecule has 0 aliphatic rings. The van der Waals surface area contributed by atoms with Crippen LogP contribution in [0, 0.1) is 0 Å². The first-order valence-corrected chi connectivity index (χ1v) is 7.13. The number of nitrogens with zero attached hydrogens (tertiary/aromatic N) is 1. The van der Waals surface area contributed by atoms with Crippen LogP contribution in [0.4, 0.5) is 0 Å². The second kappa shape index (κ2) is 5.44. The maximum absolute atomic E-state index is 12.8. The van der Waals surface area contributed by atoms with Crippen LogP contribution < -0.4 is 0 Å². The number of rotatable bonds is 4. The van der Waals surface area contributed by atoms with Gasteiger partial charge in [-0.25, -0.2) is 0 Å². The van der Waals surface area contributed by atoms with Crippen LogP contribution in [0.2, 0.25) is 0 Å². The average molecular weight is 279 g/mol. The van der Waals surface area contributed by atoms with E-state index in [1.807, 2.05) is 35.0 Å². The highest BCUT2D eigenvalue weighted by Gasteiger charge is 2.18. The number of phenols is 1. The third kappa shape index (κ3) is 2.42. The first-order valence-electron chi connectivity index (χ1n) is 7.13. The van der Waals surface area contributed by atoms with Crippen molar-refractivity contribution in [3.8, 4) is 5.75 Å². The van der Waals surface area contributed by atoms with Crippen molar-refractivity contribution in [2.45, 2.75) is 19.8 Å². The van der Waals surface area contributed by atoms with Gasteiger partial charge in [-0.3, -0.25) is 4.79 Å². The number of aryl methyl sites for hydroxylation is 1. The zero-order chi connectivity index (χ0) is 14.8. The van der Waals surface area contributed by atoms with Gasteiger partial charge in [0, 0.05) is 18.0 Å². The van der Waals surface area contributed by atoms with E-state index in [0.717, 1.165) is 29.5 Å². The lowest BCUT2D eigenvalue weighted by atomic mass is 9.98. The minimum Gasteiger partial charge on any atom is -0.508 e. The molecule has 0 spiro atoms. The Balaban J connectivity index is 2.15. The van der Waals surface area contributed by atoms with Gasteiger partial charge >= 0.3 is 0 Å². The van der Waals surface area contributed by atoms with E-state index in [4.69, 9.17) is 0 Å². The number of benzene rings is 1. The number of hydrogen-bond acceptors (Lipinski definition) is 2. The summed E-state index contributed by atoms with van der Waals surface area (Å²) in [5.41, 5.74) is 3.37. The molecule has 0 atom stereocenters. The van der Waals surface area contributed by atoms with Gasteiger partial charge < -0.3 is 9.51 Å². The van der Waals surface area contributed by atoms with Crippen molar-refractivity contribution in [1.29, 1.82) is 0 Å². The molecule has 0 amide bonds. The van der Waals surface area contributed by atoms with Crippen molar-refractivity contribution in [3.05, 3.63) is 71.5 Å². The summed E-state index contributed by atoms with van der Waals surface area (Å²) in [6, 6.07) is 12.3. The largest absolute Gasteiger partial charge is 0.508 e. The maximum atomic E-state index is 12.8. The number of carbonyl (C=O) groups is 1. The van der Waals surface area contributed by atoms with Crippen molar-refractivity contribution in [2.75, 3.05) is 0 Å². The minimum atomic E-state index is 0.00662. The summed E-state index contributed by atoms with van der Waals surface area (Å²) in [7, 11) is 0. The van der Waals surface area contributed by atoms with Gasteiger partial charge in [0.15, 0.2) is 5.78 Å². The lowest BCUT2D eigenvalue weighted by Crippen LogP contribution is -2.03. The van der Waals surface area contributed by atoms with Gasteiger partial charge in [-0.1, -0.05) is 19.4 Å². The van der Waals surface area contributed by atoms with Crippen LogP contribution in [0.5, 0.6) is 5.75 Å². The van der Waals surface area contributed by atoms with Crippen molar-refractivity contribution in [3.63, 3.8) is 0 Å². The fourth-order valence-corrected chi connectivity index (χ4v) is 2.66. The summed E-state index contributed by atoms with van der Waals surface area (Å²) in [6.45, 7) is 2.11. The Labute approximate surface area is 123 Å². The molecule has 3 aromatic rings. The summed E-state index contributed by atoms with van der Waals surface area (Å²) < 4.78 is 2.00. The lowest BCUT2D eigenvalue weighted by molar-refractivity contribution is 0.103. The third-order valence-electron chi connectivity index (χ3n) is 3.64. The highest BCUT2D eigenvalue weighted by Crippen LogP contribution is 2.24. The molecule has 1 aromatic carbocycles. The molecule has 0 unspecified atom stereocenters. The van der Waals surface area contributed by atoms with Crippen molar-refractivity contribution in [2.24, 2.45) is 0 Å². The first-order chi connectivity index (χ1) is 10.2. The summed E-state index contributed by atoms with van der Waals surface area (Å²) in [5.74, 6) is 0.175. The molecular formula is C18H17NO2. The van der Waals surface area contributed by atoms with Crippen LogP contribution in [0.25, 0.3) is 5.52 Å². The maximum Gasteiger partial charge on any atom is 0.195 e. The first kappa shape index (κ1) is 13.4. The summed E-state index contributed by atoms with van der Waals surface area (Å²) in [5, 5.41) is 9.36. The fraction of sp³-hybridized carbons (Fsp3) is 0.167. The second-order valence-corrected chi connectivity index (χ2v) is 5.15. The number of pyridine rings is 1. The molecule has 106 valence electrons. The van der Waals surface area contributed by atoms with Crippen LogP contribution in [-0.2, 0) is 6.42 Å². The molecule has 2 aromatic heterocycles. The standard InChI is InChI=1S/C18H17NO2/c1-2-5-14-12-19-11-4-3-6-16(19)17(14)18(21)13-7-9-15(20)10-8-13/h3-4,6-12,20H,2,5H2,1H3. The molecule has 0 bridgehead atoms. The summed E-state index contributed by atoms with van der Waals surface area (Å²) in [6.07, 6.45) is 5.86.